The summed E-state index contributed by atoms with van der Waals surface area (Å²) in [6.07, 6.45) is 3.72. The summed E-state index contributed by atoms with van der Waals surface area (Å²) in [7, 11) is 0. The van der Waals surface area contributed by atoms with Gasteiger partial charge in [-0.3, -0.25) is 0 Å². The fourth-order valence-corrected chi connectivity index (χ4v) is 2.32. The SMILES string of the molecule is CC(O)c1cnc2c(c1)cc1n2CCC1. The van der Waals surface area contributed by atoms with Crippen molar-refractivity contribution in [1.82, 2.24) is 9.55 Å². The molecule has 78 valence electrons. The number of fused-ring (bicyclic) bond motifs is 3. The van der Waals surface area contributed by atoms with E-state index in [0.29, 0.717) is 0 Å². The van der Waals surface area contributed by atoms with Crippen molar-refractivity contribution in [3.05, 3.63) is 29.6 Å². The van der Waals surface area contributed by atoms with Gasteiger partial charge < -0.3 is 9.67 Å². The van der Waals surface area contributed by atoms with Crippen LogP contribution in [0.25, 0.3) is 11.0 Å². The lowest BCUT2D eigenvalue weighted by Gasteiger charge is -2.04. The summed E-state index contributed by atoms with van der Waals surface area (Å²) < 4.78 is 2.28. The predicted octanol–water partition coefficient (Wildman–Crippen LogP) is 2.04. The Kier molecular flexibility index (Phi) is 1.83. The minimum Gasteiger partial charge on any atom is -0.389 e. The smallest absolute Gasteiger partial charge is 0.140 e. The molecule has 0 bridgehead atoms. The first-order valence-corrected chi connectivity index (χ1v) is 5.42. The highest BCUT2D eigenvalue weighted by Crippen LogP contribution is 2.26. The van der Waals surface area contributed by atoms with E-state index in [1.807, 2.05) is 6.07 Å². The van der Waals surface area contributed by atoms with Gasteiger partial charge in [0.1, 0.15) is 5.65 Å². The third-order valence-electron chi connectivity index (χ3n) is 3.14. The Morgan fingerprint density at radius 3 is 3.13 bits per heavy atom. The zero-order chi connectivity index (χ0) is 10.4. The summed E-state index contributed by atoms with van der Waals surface area (Å²) in [4.78, 5) is 4.44. The molecule has 0 fully saturated rings. The van der Waals surface area contributed by atoms with E-state index in [9.17, 15) is 5.11 Å². The van der Waals surface area contributed by atoms with Gasteiger partial charge in [-0.05, 0) is 37.5 Å². The highest BCUT2D eigenvalue weighted by molar-refractivity contribution is 5.78. The van der Waals surface area contributed by atoms with Crippen LogP contribution in [0.1, 0.15) is 30.7 Å². The third-order valence-corrected chi connectivity index (χ3v) is 3.14. The number of aromatic nitrogens is 2. The minimum absolute atomic E-state index is 0.434. The lowest BCUT2D eigenvalue weighted by atomic mass is 10.1. The molecule has 1 atom stereocenters. The van der Waals surface area contributed by atoms with Crippen molar-refractivity contribution < 1.29 is 5.11 Å². The summed E-state index contributed by atoms with van der Waals surface area (Å²) >= 11 is 0. The lowest BCUT2D eigenvalue weighted by molar-refractivity contribution is 0.199. The molecule has 2 aromatic rings. The molecule has 3 nitrogen and oxygen atoms in total. The average molecular weight is 202 g/mol. The topological polar surface area (TPSA) is 38.1 Å². The molecule has 3 rings (SSSR count). The van der Waals surface area contributed by atoms with Gasteiger partial charge in [0, 0.05) is 23.8 Å². The maximum atomic E-state index is 9.48. The molecule has 1 N–H and O–H groups in total. The molecule has 3 heteroatoms. The van der Waals surface area contributed by atoms with Crippen molar-refractivity contribution in [2.45, 2.75) is 32.4 Å². The number of hydrogen-bond donors (Lipinski definition) is 1. The number of nitrogens with zero attached hydrogens (tertiary/aromatic N) is 2. The van der Waals surface area contributed by atoms with Crippen LogP contribution in [-0.2, 0) is 13.0 Å². The van der Waals surface area contributed by atoms with Crippen LogP contribution in [0, 0.1) is 0 Å². The van der Waals surface area contributed by atoms with Gasteiger partial charge in [0.15, 0.2) is 0 Å². The third kappa shape index (κ3) is 1.27. The van der Waals surface area contributed by atoms with Crippen LogP contribution in [0.3, 0.4) is 0 Å². The molecule has 3 heterocycles. The monoisotopic (exact) mass is 202 g/mol. The zero-order valence-corrected chi connectivity index (χ0v) is 8.77. The molecule has 0 aliphatic carbocycles. The molecule has 0 saturated heterocycles. The Morgan fingerprint density at radius 1 is 1.47 bits per heavy atom. The molecule has 0 saturated carbocycles. The molecule has 1 unspecified atom stereocenters. The van der Waals surface area contributed by atoms with Crippen LogP contribution >= 0.6 is 0 Å². The Labute approximate surface area is 88.4 Å². The van der Waals surface area contributed by atoms with Crippen molar-refractivity contribution in [3.63, 3.8) is 0 Å². The number of aryl methyl sites for hydroxylation is 2. The van der Waals surface area contributed by atoms with Crippen LogP contribution < -0.4 is 0 Å². The summed E-state index contributed by atoms with van der Waals surface area (Å²) in [6.45, 7) is 2.85. The Balaban J connectivity index is 2.22. The number of hydrogen-bond acceptors (Lipinski definition) is 2. The van der Waals surface area contributed by atoms with Gasteiger partial charge in [-0.25, -0.2) is 4.98 Å². The van der Waals surface area contributed by atoms with Gasteiger partial charge in [0.05, 0.1) is 6.10 Å². The van der Waals surface area contributed by atoms with E-state index in [4.69, 9.17) is 0 Å². The second-order valence-electron chi connectivity index (χ2n) is 4.25. The Morgan fingerprint density at radius 2 is 2.33 bits per heavy atom. The predicted molar refractivity (Wildman–Crippen MR) is 58.7 cm³/mol. The standard InChI is InChI=1S/C12H14N2O/c1-8(15)10-5-9-6-11-3-2-4-14(11)12(9)13-7-10/h5-8,15H,2-4H2,1H3. The highest BCUT2D eigenvalue weighted by Gasteiger charge is 2.15. The molecule has 0 amide bonds. The van der Waals surface area contributed by atoms with Gasteiger partial charge in [-0.1, -0.05) is 0 Å². The number of rotatable bonds is 1. The Bertz CT molecular complexity index is 514. The maximum Gasteiger partial charge on any atom is 0.140 e. The first kappa shape index (κ1) is 8.92. The van der Waals surface area contributed by atoms with Gasteiger partial charge in [0.2, 0.25) is 0 Å². The van der Waals surface area contributed by atoms with Crippen LogP contribution in [-0.4, -0.2) is 14.7 Å². The fourth-order valence-electron chi connectivity index (χ4n) is 2.32. The van der Waals surface area contributed by atoms with Crippen molar-refractivity contribution >= 4 is 11.0 Å². The van der Waals surface area contributed by atoms with Crippen molar-refractivity contribution in [2.24, 2.45) is 0 Å². The van der Waals surface area contributed by atoms with Crippen LogP contribution in [0.15, 0.2) is 18.3 Å². The number of aliphatic hydroxyl groups excluding tert-OH is 1. The van der Waals surface area contributed by atoms with Crippen LogP contribution in [0.2, 0.25) is 0 Å². The maximum absolute atomic E-state index is 9.48. The zero-order valence-electron chi connectivity index (χ0n) is 8.77. The molecule has 2 aromatic heterocycles. The van der Waals surface area contributed by atoms with Crippen LogP contribution in [0.5, 0.6) is 0 Å². The minimum atomic E-state index is -0.434. The van der Waals surface area contributed by atoms with E-state index in [1.165, 1.54) is 12.1 Å². The Hall–Kier alpha value is -1.35. The van der Waals surface area contributed by atoms with Crippen molar-refractivity contribution in [1.29, 1.82) is 0 Å². The summed E-state index contributed by atoms with van der Waals surface area (Å²) in [5.74, 6) is 0. The van der Waals surface area contributed by atoms with Gasteiger partial charge in [-0.15, -0.1) is 0 Å². The van der Waals surface area contributed by atoms with E-state index >= 15 is 0 Å². The first-order valence-electron chi connectivity index (χ1n) is 5.42. The van der Waals surface area contributed by atoms with E-state index < -0.39 is 6.10 Å². The molecule has 0 radical (unpaired) electrons. The van der Waals surface area contributed by atoms with Crippen LogP contribution in [0.4, 0.5) is 0 Å². The summed E-state index contributed by atoms with van der Waals surface area (Å²) in [6, 6.07) is 4.24. The van der Waals surface area contributed by atoms with Crippen molar-refractivity contribution in [3.8, 4) is 0 Å². The molecular weight excluding hydrogens is 188 g/mol. The largest absolute Gasteiger partial charge is 0.389 e. The summed E-state index contributed by atoms with van der Waals surface area (Å²) in [5.41, 5.74) is 3.33. The van der Waals surface area contributed by atoms with E-state index in [-0.39, 0.29) is 0 Å². The van der Waals surface area contributed by atoms with Crippen molar-refractivity contribution in [2.75, 3.05) is 0 Å². The normalized spacial score (nSPS) is 16.9. The average Bonchev–Trinajstić information content (AvgIpc) is 2.75. The fraction of sp³-hybridized carbons (Fsp3) is 0.417. The number of pyridine rings is 1. The van der Waals surface area contributed by atoms with Gasteiger partial charge >= 0.3 is 0 Å². The molecule has 0 spiro atoms. The van der Waals surface area contributed by atoms with E-state index in [0.717, 1.165) is 29.6 Å². The second-order valence-corrected chi connectivity index (χ2v) is 4.25. The molecule has 1 aliphatic rings. The molecular formula is C12H14N2O. The summed E-state index contributed by atoms with van der Waals surface area (Å²) in [5, 5.41) is 10.6. The molecule has 15 heavy (non-hydrogen) atoms. The lowest BCUT2D eigenvalue weighted by Crippen LogP contribution is -1.96. The highest BCUT2D eigenvalue weighted by atomic mass is 16.3. The molecule has 1 aliphatic heterocycles. The van der Waals surface area contributed by atoms with E-state index in [1.54, 1.807) is 13.1 Å². The first-order chi connectivity index (χ1) is 7.25. The van der Waals surface area contributed by atoms with Gasteiger partial charge in [0.25, 0.3) is 0 Å². The number of aliphatic hydroxyl groups is 1. The van der Waals surface area contributed by atoms with Gasteiger partial charge in [-0.2, -0.15) is 0 Å². The quantitative estimate of drug-likeness (QED) is 0.768. The van der Waals surface area contributed by atoms with E-state index in [2.05, 4.69) is 15.6 Å². The second kappa shape index (κ2) is 3.07. The molecule has 0 aromatic carbocycles.